The van der Waals surface area contributed by atoms with E-state index in [4.69, 9.17) is 16.7 Å². The maximum absolute atomic E-state index is 12.3. The molecule has 1 aromatic carbocycles. The fraction of sp³-hybridized carbons (Fsp3) is 0.462. The highest BCUT2D eigenvalue weighted by Gasteiger charge is 2.24. The van der Waals surface area contributed by atoms with Crippen molar-refractivity contribution in [1.82, 2.24) is 4.90 Å². The highest BCUT2D eigenvalue weighted by molar-refractivity contribution is 9.10. The second-order valence-corrected chi connectivity index (χ2v) is 5.83. The zero-order chi connectivity index (χ0) is 13.1. The van der Waals surface area contributed by atoms with Crippen LogP contribution in [0.5, 0.6) is 0 Å². The van der Waals surface area contributed by atoms with Crippen LogP contribution in [-0.4, -0.2) is 35.6 Å². The molecule has 0 bridgehead atoms. The molecular formula is C13H15BrClNO2. The lowest BCUT2D eigenvalue weighted by atomic mass is 9.97. The van der Waals surface area contributed by atoms with Crippen LogP contribution in [-0.2, 0) is 0 Å². The molecule has 0 saturated carbocycles. The van der Waals surface area contributed by atoms with Crippen molar-refractivity contribution in [2.24, 2.45) is 5.92 Å². The number of benzene rings is 1. The number of nitrogens with zero attached hydrogens (tertiary/aromatic N) is 1. The van der Waals surface area contributed by atoms with E-state index >= 15 is 0 Å². The van der Waals surface area contributed by atoms with Crippen LogP contribution >= 0.6 is 27.5 Å². The number of likely N-dealkylation sites (tertiary alicyclic amines) is 1. The number of hydrogen-bond acceptors (Lipinski definition) is 2. The van der Waals surface area contributed by atoms with Crippen LogP contribution in [0.4, 0.5) is 0 Å². The molecule has 0 unspecified atom stereocenters. The monoisotopic (exact) mass is 331 g/mol. The molecule has 1 N–H and O–H groups in total. The molecule has 0 radical (unpaired) electrons. The minimum Gasteiger partial charge on any atom is -0.396 e. The summed E-state index contributed by atoms with van der Waals surface area (Å²) in [6, 6.07) is 5.22. The first-order valence-electron chi connectivity index (χ1n) is 5.97. The Morgan fingerprint density at radius 1 is 1.44 bits per heavy atom. The molecule has 1 aromatic rings. The Kier molecular flexibility index (Phi) is 4.65. The average molecular weight is 333 g/mol. The van der Waals surface area contributed by atoms with Crippen LogP contribution < -0.4 is 0 Å². The predicted molar refractivity (Wildman–Crippen MR) is 74.9 cm³/mol. The minimum absolute atomic E-state index is 0.000708. The number of rotatable bonds is 2. The highest BCUT2D eigenvalue weighted by Crippen LogP contribution is 2.25. The summed E-state index contributed by atoms with van der Waals surface area (Å²) in [6.45, 7) is 1.61. The number of carbonyl (C=O) groups excluding carboxylic acids is 1. The topological polar surface area (TPSA) is 40.5 Å². The van der Waals surface area contributed by atoms with E-state index in [0.717, 1.165) is 17.3 Å². The van der Waals surface area contributed by atoms with E-state index in [-0.39, 0.29) is 12.5 Å². The van der Waals surface area contributed by atoms with Crippen molar-refractivity contribution in [2.75, 3.05) is 19.7 Å². The summed E-state index contributed by atoms with van der Waals surface area (Å²) < 4.78 is 0.765. The number of halogens is 2. The van der Waals surface area contributed by atoms with Crippen LogP contribution in [0.3, 0.4) is 0 Å². The van der Waals surface area contributed by atoms with Crippen molar-refractivity contribution >= 4 is 33.4 Å². The summed E-state index contributed by atoms with van der Waals surface area (Å²) in [7, 11) is 0. The summed E-state index contributed by atoms with van der Waals surface area (Å²) in [5.41, 5.74) is 0.602. The van der Waals surface area contributed by atoms with Crippen LogP contribution in [0.2, 0.25) is 5.02 Å². The Morgan fingerprint density at radius 3 is 2.72 bits per heavy atom. The van der Waals surface area contributed by atoms with Crippen molar-refractivity contribution in [3.05, 3.63) is 33.3 Å². The summed E-state index contributed by atoms with van der Waals surface area (Å²) >= 11 is 9.30. The fourth-order valence-electron chi connectivity index (χ4n) is 2.15. The first kappa shape index (κ1) is 13.8. The van der Waals surface area contributed by atoms with E-state index in [1.165, 1.54) is 0 Å². The number of aliphatic hydroxyl groups is 1. The Balaban J connectivity index is 2.10. The quantitative estimate of drug-likeness (QED) is 0.904. The van der Waals surface area contributed by atoms with Gasteiger partial charge >= 0.3 is 0 Å². The lowest BCUT2D eigenvalue weighted by molar-refractivity contribution is 0.0650. The number of piperidine rings is 1. The lowest BCUT2D eigenvalue weighted by Crippen LogP contribution is -2.39. The van der Waals surface area contributed by atoms with Gasteiger partial charge in [0, 0.05) is 29.2 Å². The van der Waals surface area contributed by atoms with Crippen molar-refractivity contribution < 1.29 is 9.90 Å². The molecule has 2 rings (SSSR count). The van der Waals surface area contributed by atoms with Crippen LogP contribution in [0.1, 0.15) is 23.2 Å². The van der Waals surface area contributed by atoms with Gasteiger partial charge in [-0.15, -0.1) is 0 Å². The molecular weight excluding hydrogens is 318 g/mol. The molecule has 1 aliphatic rings. The summed E-state index contributed by atoms with van der Waals surface area (Å²) in [5.74, 6) is 0.331. The molecule has 0 atom stereocenters. The number of hydrogen-bond donors (Lipinski definition) is 1. The summed E-state index contributed by atoms with van der Waals surface area (Å²) in [4.78, 5) is 14.2. The van der Waals surface area contributed by atoms with Crippen LogP contribution in [0, 0.1) is 5.92 Å². The third-order valence-electron chi connectivity index (χ3n) is 3.32. The van der Waals surface area contributed by atoms with Crippen LogP contribution in [0.25, 0.3) is 0 Å². The van der Waals surface area contributed by atoms with Gasteiger partial charge in [0.15, 0.2) is 0 Å². The van der Waals surface area contributed by atoms with Gasteiger partial charge in [0.2, 0.25) is 0 Å². The Labute approximate surface area is 120 Å². The summed E-state index contributed by atoms with van der Waals surface area (Å²) in [5, 5.41) is 9.65. The summed E-state index contributed by atoms with van der Waals surface area (Å²) in [6.07, 6.45) is 1.72. The van der Waals surface area contributed by atoms with E-state index in [0.29, 0.717) is 29.6 Å². The van der Waals surface area contributed by atoms with Gasteiger partial charge in [0.05, 0.1) is 5.56 Å². The van der Waals surface area contributed by atoms with Gasteiger partial charge in [-0.2, -0.15) is 0 Å². The first-order chi connectivity index (χ1) is 8.61. The average Bonchev–Trinajstić information content (AvgIpc) is 2.41. The lowest BCUT2D eigenvalue weighted by Gasteiger charge is -2.31. The smallest absolute Gasteiger partial charge is 0.255 e. The molecule has 0 aromatic heterocycles. The first-order valence-corrected chi connectivity index (χ1v) is 7.14. The normalized spacial score (nSPS) is 16.9. The number of aliphatic hydroxyl groups excluding tert-OH is 1. The highest BCUT2D eigenvalue weighted by atomic mass is 79.9. The SMILES string of the molecule is O=C(c1cc(Cl)ccc1Br)N1CCC(CO)CC1. The van der Waals surface area contributed by atoms with Gasteiger partial charge in [-0.1, -0.05) is 11.6 Å². The molecule has 1 saturated heterocycles. The zero-order valence-corrected chi connectivity index (χ0v) is 12.2. The van der Waals surface area contributed by atoms with Gasteiger partial charge in [-0.3, -0.25) is 4.79 Å². The van der Waals surface area contributed by atoms with Gasteiger partial charge in [0.1, 0.15) is 0 Å². The minimum atomic E-state index is 0.000708. The maximum atomic E-state index is 12.3. The van der Waals surface area contributed by atoms with E-state index in [9.17, 15) is 4.79 Å². The Bertz CT molecular complexity index is 445. The van der Waals surface area contributed by atoms with Crippen LogP contribution in [0.15, 0.2) is 22.7 Å². The molecule has 5 heteroatoms. The van der Waals surface area contributed by atoms with E-state index in [2.05, 4.69) is 15.9 Å². The van der Waals surface area contributed by atoms with Gasteiger partial charge in [-0.25, -0.2) is 0 Å². The third kappa shape index (κ3) is 3.05. The van der Waals surface area contributed by atoms with Gasteiger partial charge in [-0.05, 0) is 52.9 Å². The van der Waals surface area contributed by atoms with Crippen molar-refractivity contribution in [3.63, 3.8) is 0 Å². The molecule has 1 amide bonds. The molecule has 1 heterocycles. The van der Waals surface area contributed by atoms with Gasteiger partial charge in [0.25, 0.3) is 5.91 Å². The third-order valence-corrected chi connectivity index (χ3v) is 4.25. The fourth-order valence-corrected chi connectivity index (χ4v) is 2.74. The molecule has 18 heavy (non-hydrogen) atoms. The molecule has 0 spiro atoms. The van der Waals surface area contributed by atoms with Crippen molar-refractivity contribution in [3.8, 4) is 0 Å². The molecule has 3 nitrogen and oxygen atoms in total. The zero-order valence-electron chi connectivity index (χ0n) is 9.90. The predicted octanol–water partition coefficient (Wildman–Crippen LogP) is 2.95. The Hall–Kier alpha value is -0.580. The van der Waals surface area contributed by atoms with E-state index in [1.54, 1.807) is 18.2 Å². The van der Waals surface area contributed by atoms with E-state index in [1.807, 2.05) is 4.90 Å². The largest absolute Gasteiger partial charge is 0.396 e. The number of amides is 1. The van der Waals surface area contributed by atoms with Crippen molar-refractivity contribution in [1.29, 1.82) is 0 Å². The maximum Gasteiger partial charge on any atom is 0.255 e. The molecule has 0 aliphatic carbocycles. The Morgan fingerprint density at radius 2 is 2.11 bits per heavy atom. The molecule has 1 aliphatic heterocycles. The standard InChI is InChI=1S/C13H15BrClNO2/c14-12-2-1-10(15)7-11(12)13(18)16-5-3-9(8-17)4-6-16/h1-2,7,9,17H,3-6,8H2. The molecule has 1 fully saturated rings. The molecule has 98 valence electrons. The van der Waals surface area contributed by atoms with Gasteiger partial charge < -0.3 is 10.0 Å². The second-order valence-electron chi connectivity index (χ2n) is 4.54. The number of carbonyl (C=O) groups is 1. The van der Waals surface area contributed by atoms with E-state index < -0.39 is 0 Å². The second kappa shape index (κ2) is 6.04. The van der Waals surface area contributed by atoms with Crippen molar-refractivity contribution in [2.45, 2.75) is 12.8 Å².